The number of amides is 1. The Bertz CT molecular complexity index is 920. The summed E-state index contributed by atoms with van der Waals surface area (Å²) in [6.07, 6.45) is 5.18. The number of hydrogen-bond donors (Lipinski definition) is 1. The molecule has 1 aliphatic heterocycles. The number of aromatic nitrogens is 2. The Morgan fingerprint density at radius 1 is 1.26 bits per heavy atom. The van der Waals surface area contributed by atoms with E-state index >= 15 is 0 Å². The highest BCUT2D eigenvalue weighted by Gasteiger charge is 2.26. The molecule has 1 amide bonds. The molecule has 0 radical (unpaired) electrons. The Labute approximate surface area is 162 Å². The average Bonchev–Trinajstić information content (AvgIpc) is 3.16. The summed E-state index contributed by atoms with van der Waals surface area (Å²) in [5.41, 5.74) is 2.06. The topological polar surface area (TPSA) is 67.3 Å². The second-order valence-corrected chi connectivity index (χ2v) is 7.67. The van der Waals surface area contributed by atoms with Gasteiger partial charge in [0.2, 0.25) is 5.91 Å². The molecule has 140 valence electrons. The maximum Gasteiger partial charge on any atom is 0.223 e. The van der Waals surface area contributed by atoms with E-state index < -0.39 is 0 Å². The van der Waals surface area contributed by atoms with E-state index in [0.29, 0.717) is 6.54 Å². The Kier molecular flexibility index (Phi) is 5.20. The van der Waals surface area contributed by atoms with Crippen LogP contribution in [0.4, 0.5) is 5.13 Å². The lowest BCUT2D eigenvalue weighted by atomic mass is 9.96. The number of nitrogens with zero attached hydrogens (tertiary/aromatic N) is 3. The van der Waals surface area contributed by atoms with Crippen molar-refractivity contribution in [2.24, 2.45) is 5.92 Å². The smallest absolute Gasteiger partial charge is 0.223 e. The maximum absolute atomic E-state index is 12.5. The van der Waals surface area contributed by atoms with E-state index in [9.17, 15) is 4.79 Å². The predicted octanol–water partition coefficient (Wildman–Crippen LogP) is 3.23. The molecule has 0 atom stereocenters. The predicted molar refractivity (Wildman–Crippen MR) is 107 cm³/mol. The molecule has 1 saturated heterocycles. The number of carbonyl (C=O) groups excluding carboxylic acids is 1. The minimum absolute atomic E-state index is 0.0672. The summed E-state index contributed by atoms with van der Waals surface area (Å²) < 4.78 is 6.42. The van der Waals surface area contributed by atoms with Crippen LogP contribution in [-0.2, 0) is 11.3 Å². The van der Waals surface area contributed by atoms with Crippen molar-refractivity contribution in [2.75, 3.05) is 25.1 Å². The standard InChI is InChI=1S/C20H22N4O2S/c1-26-16-2-3-17-18(12-16)27-20(23-17)24-10-6-15(7-11-24)19(25)22-13-14-4-8-21-9-5-14/h2-5,8-9,12,15H,6-7,10-11,13H2,1H3,(H,22,25). The lowest BCUT2D eigenvalue weighted by Gasteiger charge is -2.31. The van der Waals surface area contributed by atoms with Gasteiger partial charge in [-0.1, -0.05) is 11.3 Å². The summed E-state index contributed by atoms with van der Waals surface area (Å²) in [4.78, 5) is 23.5. The highest BCUT2D eigenvalue weighted by atomic mass is 32.1. The van der Waals surface area contributed by atoms with Gasteiger partial charge in [-0.2, -0.15) is 0 Å². The molecular formula is C20H22N4O2S. The Morgan fingerprint density at radius 2 is 2.04 bits per heavy atom. The average molecular weight is 382 g/mol. The molecule has 3 aromatic rings. The van der Waals surface area contributed by atoms with Gasteiger partial charge in [0.15, 0.2) is 5.13 Å². The number of piperidine rings is 1. The van der Waals surface area contributed by atoms with Crippen LogP contribution in [0.2, 0.25) is 0 Å². The van der Waals surface area contributed by atoms with E-state index in [0.717, 1.165) is 52.6 Å². The first kappa shape index (κ1) is 17.7. The molecule has 7 heteroatoms. The quantitative estimate of drug-likeness (QED) is 0.734. The summed E-state index contributed by atoms with van der Waals surface area (Å²) in [6.45, 7) is 2.26. The summed E-state index contributed by atoms with van der Waals surface area (Å²) in [6, 6.07) is 9.80. The molecular weight excluding hydrogens is 360 g/mol. The van der Waals surface area contributed by atoms with Crippen LogP contribution in [-0.4, -0.2) is 36.1 Å². The van der Waals surface area contributed by atoms with Crippen LogP contribution in [0.5, 0.6) is 5.75 Å². The molecule has 1 aromatic carbocycles. The fourth-order valence-electron chi connectivity index (χ4n) is 3.32. The number of pyridine rings is 1. The molecule has 1 fully saturated rings. The first-order valence-corrected chi connectivity index (χ1v) is 9.91. The molecule has 0 spiro atoms. The molecule has 3 heterocycles. The number of ether oxygens (including phenoxy) is 1. The minimum atomic E-state index is 0.0672. The molecule has 1 aliphatic rings. The number of thiazole rings is 1. The van der Waals surface area contributed by atoms with Crippen molar-refractivity contribution < 1.29 is 9.53 Å². The van der Waals surface area contributed by atoms with Gasteiger partial charge in [0.05, 0.1) is 17.3 Å². The van der Waals surface area contributed by atoms with Gasteiger partial charge in [-0.05, 0) is 48.7 Å². The molecule has 4 rings (SSSR count). The van der Waals surface area contributed by atoms with Gasteiger partial charge in [0.1, 0.15) is 5.75 Å². The van der Waals surface area contributed by atoms with Crippen molar-refractivity contribution in [3.63, 3.8) is 0 Å². The van der Waals surface area contributed by atoms with Crippen molar-refractivity contribution in [3.05, 3.63) is 48.3 Å². The van der Waals surface area contributed by atoms with Crippen molar-refractivity contribution >= 4 is 32.6 Å². The van der Waals surface area contributed by atoms with Gasteiger partial charge in [-0.25, -0.2) is 4.98 Å². The van der Waals surface area contributed by atoms with Crippen LogP contribution in [0, 0.1) is 5.92 Å². The zero-order valence-electron chi connectivity index (χ0n) is 15.2. The monoisotopic (exact) mass is 382 g/mol. The van der Waals surface area contributed by atoms with E-state index in [2.05, 4.69) is 15.2 Å². The van der Waals surface area contributed by atoms with E-state index in [-0.39, 0.29) is 11.8 Å². The number of carbonyl (C=O) groups is 1. The van der Waals surface area contributed by atoms with E-state index in [1.807, 2.05) is 30.3 Å². The number of rotatable bonds is 5. The molecule has 1 N–H and O–H groups in total. The zero-order valence-corrected chi connectivity index (χ0v) is 16.0. The SMILES string of the molecule is COc1ccc2nc(N3CCC(C(=O)NCc4ccncc4)CC3)sc2c1. The minimum Gasteiger partial charge on any atom is -0.497 e. The molecule has 0 unspecified atom stereocenters. The second kappa shape index (κ2) is 7.92. The summed E-state index contributed by atoms with van der Waals surface area (Å²) in [5, 5.41) is 4.07. The summed E-state index contributed by atoms with van der Waals surface area (Å²) in [5.74, 6) is 1.06. The third-order valence-electron chi connectivity index (χ3n) is 4.94. The lowest BCUT2D eigenvalue weighted by molar-refractivity contribution is -0.125. The van der Waals surface area contributed by atoms with Crippen molar-refractivity contribution in [1.29, 1.82) is 0 Å². The largest absolute Gasteiger partial charge is 0.497 e. The number of anilines is 1. The Morgan fingerprint density at radius 3 is 2.78 bits per heavy atom. The second-order valence-electron chi connectivity index (χ2n) is 6.66. The molecule has 2 aromatic heterocycles. The van der Waals surface area contributed by atoms with Gasteiger partial charge < -0.3 is 15.0 Å². The first-order valence-electron chi connectivity index (χ1n) is 9.09. The van der Waals surface area contributed by atoms with Crippen LogP contribution in [0.15, 0.2) is 42.7 Å². The normalized spacial score (nSPS) is 15.1. The van der Waals surface area contributed by atoms with Crippen LogP contribution >= 0.6 is 11.3 Å². The van der Waals surface area contributed by atoms with Crippen molar-refractivity contribution in [1.82, 2.24) is 15.3 Å². The van der Waals surface area contributed by atoms with Gasteiger partial charge in [0.25, 0.3) is 0 Å². The van der Waals surface area contributed by atoms with Crippen LogP contribution < -0.4 is 15.0 Å². The number of benzene rings is 1. The zero-order chi connectivity index (χ0) is 18.6. The van der Waals surface area contributed by atoms with Crippen molar-refractivity contribution in [3.8, 4) is 5.75 Å². The maximum atomic E-state index is 12.5. The number of hydrogen-bond acceptors (Lipinski definition) is 6. The Balaban J connectivity index is 1.33. The van der Waals surface area contributed by atoms with Gasteiger partial charge in [-0.15, -0.1) is 0 Å². The van der Waals surface area contributed by atoms with Gasteiger partial charge >= 0.3 is 0 Å². The van der Waals surface area contributed by atoms with Crippen LogP contribution in [0.3, 0.4) is 0 Å². The molecule has 6 nitrogen and oxygen atoms in total. The highest BCUT2D eigenvalue weighted by Crippen LogP contribution is 2.33. The van der Waals surface area contributed by atoms with Gasteiger partial charge in [-0.3, -0.25) is 9.78 Å². The van der Waals surface area contributed by atoms with Crippen LogP contribution in [0.25, 0.3) is 10.2 Å². The van der Waals surface area contributed by atoms with E-state index in [1.165, 1.54) is 0 Å². The molecule has 0 aliphatic carbocycles. The summed E-state index contributed by atoms with van der Waals surface area (Å²) in [7, 11) is 1.67. The van der Waals surface area contributed by atoms with E-state index in [4.69, 9.17) is 9.72 Å². The molecule has 27 heavy (non-hydrogen) atoms. The fraction of sp³-hybridized carbons (Fsp3) is 0.350. The van der Waals surface area contributed by atoms with Crippen molar-refractivity contribution in [2.45, 2.75) is 19.4 Å². The Hall–Kier alpha value is -2.67. The third-order valence-corrected chi connectivity index (χ3v) is 6.02. The number of methoxy groups -OCH3 is 1. The highest BCUT2D eigenvalue weighted by molar-refractivity contribution is 7.22. The first-order chi connectivity index (χ1) is 13.2. The lowest BCUT2D eigenvalue weighted by Crippen LogP contribution is -2.40. The van der Waals surface area contributed by atoms with Crippen LogP contribution in [0.1, 0.15) is 18.4 Å². The molecule has 0 bridgehead atoms. The number of fused-ring (bicyclic) bond motifs is 1. The molecule has 0 saturated carbocycles. The summed E-state index contributed by atoms with van der Waals surface area (Å²) >= 11 is 1.68. The fourth-order valence-corrected chi connectivity index (χ4v) is 4.37. The van der Waals surface area contributed by atoms with E-state index in [1.54, 1.807) is 30.8 Å². The number of nitrogens with one attached hydrogen (secondary N) is 1. The third kappa shape index (κ3) is 4.03. The van der Waals surface area contributed by atoms with Gasteiger partial charge in [0, 0.05) is 37.9 Å².